The lowest BCUT2D eigenvalue weighted by atomic mass is 10.2. The van der Waals surface area contributed by atoms with E-state index in [4.69, 9.17) is 23.2 Å². The summed E-state index contributed by atoms with van der Waals surface area (Å²) in [6, 6.07) is 10.9. The maximum absolute atomic E-state index is 13.0. The van der Waals surface area contributed by atoms with Crippen molar-refractivity contribution in [3.63, 3.8) is 0 Å². The minimum absolute atomic E-state index is 0.0157. The van der Waals surface area contributed by atoms with Gasteiger partial charge < -0.3 is 4.74 Å². The Morgan fingerprint density at radius 2 is 1.88 bits per heavy atom. The van der Waals surface area contributed by atoms with Crippen LogP contribution in [0.25, 0.3) is 0 Å². The molecule has 2 aromatic rings. The molecule has 2 aromatic carbocycles. The lowest BCUT2D eigenvalue weighted by Crippen LogP contribution is -2.36. The zero-order valence-corrected chi connectivity index (χ0v) is 15.3. The molecular weight excluding hydrogens is 373 g/mol. The number of anilines is 1. The second kappa shape index (κ2) is 7.42. The third-order valence-electron chi connectivity index (χ3n) is 3.25. The van der Waals surface area contributed by atoms with Crippen LogP contribution in [0.1, 0.15) is 5.56 Å². The lowest BCUT2D eigenvalue weighted by Gasteiger charge is -2.24. The summed E-state index contributed by atoms with van der Waals surface area (Å²) in [6.45, 7) is 1.34. The molecule has 2 rings (SSSR count). The van der Waals surface area contributed by atoms with E-state index in [2.05, 4.69) is 4.74 Å². The van der Waals surface area contributed by atoms with Gasteiger partial charge in [-0.2, -0.15) is 0 Å². The van der Waals surface area contributed by atoms with Crippen molar-refractivity contribution >= 4 is 44.9 Å². The van der Waals surface area contributed by atoms with E-state index in [1.54, 1.807) is 18.2 Å². The first kappa shape index (κ1) is 18.6. The SMILES string of the molecule is COC(=O)CN(c1cccc(C)c1)S(=O)(=O)c1cc(Cl)ccc1Cl. The number of hydrogen-bond donors (Lipinski definition) is 0. The molecule has 24 heavy (non-hydrogen) atoms. The predicted octanol–water partition coefficient (Wildman–Crippen LogP) is 3.67. The number of aryl methyl sites for hydroxylation is 1. The van der Waals surface area contributed by atoms with Crippen LogP contribution in [-0.2, 0) is 19.6 Å². The second-order valence-corrected chi connectivity index (χ2v) is 7.68. The molecule has 0 unspecified atom stereocenters. The smallest absolute Gasteiger partial charge is 0.326 e. The van der Waals surface area contributed by atoms with Gasteiger partial charge in [-0.25, -0.2) is 8.42 Å². The van der Waals surface area contributed by atoms with Crippen molar-refractivity contribution in [2.24, 2.45) is 0 Å². The molecule has 0 aliphatic carbocycles. The van der Waals surface area contributed by atoms with Crippen molar-refractivity contribution in [3.05, 3.63) is 58.1 Å². The van der Waals surface area contributed by atoms with E-state index in [9.17, 15) is 13.2 Å². The van der Waals surface area contributed by atoms with Crippen molar-refractivity contribution < 1.29 is 17.9 Å². The number of ether oxygens (including phenoxy) is 1. The Bertz CT molecular complexity index is 868. The molecular formula is C16H15Cl2NO4S. The molecule has 5 nitrogen and oxygen atoms in total. The van der Waals surface area contributed by atoms with Gasteiger partial charge in [0, 0.05) is 5.02 Å². The summed E-state index contributed by atoms with van der Waals surface area (Å²) < 4.78 is 31.6. The van der Waals surface area contributed by atoms with Gasteiger partial charge >= 0.3 is 5.97 Å². The zero-order chi connectivity index (χ0) is 17.9. The first-order valence-electron chi connectivity index (χ1n) is 6.87. The summed E-state index contributed by atoms with van der Waals surface area (Å²) in [6.07, 6.45) is 0. The first-order valence-corrected chi connectivity index (χ1v) is 9.06. The lowest BCUT2D eigenvalue weighted by molar-refractivity contribution is -0.138. The standard InChI is InChI=1S/C16H15Cl2NO4S/c1-11-4-3-5-13(8-11)19(10-16(20)23-2)24(21,22)15-9-12(17)6-7-14(15)18/h3-9H,10H2,1-2H3. The Balaban J connectivity index is 2.61. The molecule has 0 aromatic heterocycles. The van der Waals surface area contributed by atoms with Crippen LogP contribution in [0.5, 0.6) is 0 Å². The normalized spacial score (nSPS) is 11.2. The van der Waals surface area contributed by atoms with Gasteiger partial charge in [-0.15, -0.1) is 0 Å². The second-order valence-electron chi connectivity index (χ2n) is 5.00. The summed E-state index contributed by atoms with van der Waals surface area (Å²) in [4.78, 5) is 11.5. The zero-order valence-electron chi connectivity index (χ0n) is 13.0. The molecule has 0 heterocycles. The first-order chi connectivity index (χ1) is 11.3. The van der Waals surface area contributed by atoms with E-state index in [1.807, 2.05) is 13.0 Å². The van der Waals surface area contributed by atoms with Crippen molar-refractivity contribution in [2.75, 3.05) is 18.0 Å². The van der Waals surface area contributed by atoms with Crippen LogP contribution in [0, 0.1) is 6.92 Å². The highest BCUT2D eigenvalue weighted by molar-refractivity contribution is 7.93. The fourth-order valence-electron chi connectivity index (χ4n) is 2.07. The summed E-state index contributed by atoms with van der Waals surface area (Å²) >= 11 is 11.9. The molecule has 0 aliphatic heterocycles. The van der Waals surface area contributed by atoms with Gasteiger partial charge in [-0.05, 0) is 42.8 Å². The molecule has 128 valence electrons. The van der Waals surface area contributed by atoms with Gasteiger partial charge in [0.1, 0.15) is 11.4 Å². The molecule has 0 atom stereocenters. The molecule has 0 aliphatic rings. The highest BCUT2D eigenvalue weighted by atomic mass is 35.5. The molecule has 0 amide bonds. The minimum Gasteiger partial charge on any atom is -0.468 e. The third-order valence-corrected chi connectivity index (χ3v) is 5.74. The van der Waals surface area contributed by atoms with E-state index < -0.39 is 22.5 Å². The van der Waals surface area contributed by atoms with E-state index in [1.165, 1.54) is 25.3 Å². The Morgan fingerprint density at radius 3 is 2.50 bits per heavy atom. The predicted molar refractivity (Wildman–Crippen MR) is 94.2 cm³/mol. The molecule has 8 heteroatoms. The average molecular weight is 388 g/mol. The van der Waals surface area contributed by atoms with Gasteiger partial charge in [0.15, 0.2) is 0 Å². The Hall–Kier alpha value is -1.76. The molecule has 0 bridgehead atoms. The molecule has 0 radical (unpaired) electrons. The van der Waals surface area contributed by atoms with E-state index in [-0.39, 0.29) is 14.9 Å². The number of benzene rings is 2. The largest absolute Gasteiger partial charge is 0.468 e. The van der Waals surface area contributed by atoms with Crippen LogP contribution < -0.4 is 4.31 Å². The van der Waals surface area contributed by atoms with Gasteiger partial charge in [0.2, 0.25) is 0 Å². The van der Waals surface area contributed by atoms with Crippen molar-refractivity contribution in [2.45, 2.75) is 11.8 Å². The number of sulfonamides is 1. The molecule has 0 N–H and O–H groups in total. The van der Waals surface area contributed by atoms with Gasteiger partial charge in [0.25, 0.3) is 10.0 Å². The molecule has 0 saturated carbocycles. The van der Waals surface area contributed by atoms with E-state index in [0.29, 0.717) is 5.69 Å². The number of methoxy groups -OCH3 is 1. The van der Waals surface area contributed by atoms with Gasteiger partial charge in [-0.3, -0.25) is 9.10 Å². The summed E-state index contributed by atoms with van der Waals surface area (Å²) in [7, 11) is -2.92. The maximum Gasteiger partial charge on any atom is 0.326 e. The fraction of sp³-hybridized carbons (Fsp3) is 0.188. The van der Waals surface area contributed by atoms with Crippen LogP contribution in [0.4, 0.5) is 5.69 Å². The maximum atomic E-state index is 13.0. The monoisotopic (exact) mass is 387 g/mol. The quantitative estimate of drug-likeness (QED) is 0.734. The van der Waals surface area contributed by atoms with Crippen LogP contribution >= 0.6 is 23.2 Å². The number of carbonyl (C=O) groups excluding carboxylic acids is 1. The number of esters is 1. The van der Waals surface area contributed by atoms with Crippen LogP contribution in [0.15, 0.2) is 47.4 Å². The summed E-state index contributed by atoms with van der Waals surface area (Å²) in [5.74, 6) is -0.696. The Kier molecular flexibility index (Phi) is 5.74. The highest BCUT2D eigenvalue weighted by Gasteiger charge is 2.29. The summed E-state index contributed by atoms with van der Waals surface area (Å²) in [5, 5.41) is 0.238. The van der Waals surface area contributed by atoms with E-state index >= 15 is 0 Å². The van der Waals surface area contributed by atoms with Crippen LogP contribution in [0.2, 0.25) is 10.0 Å². The highest BCUT2D eigenvalue weighted by Crippen LogP contribution is 2.30. The number of hydrogen-bond acceptors (Lipinski definition) is 4. The van der Waals surface area contributed by atoms with Crippen LogP contribution in [-0.4, -0.2) is 28.0 Å². The number of carbonyl (C=O) groups is 1. The van der Waals surface area contributed by atoms with Crippen LogP contribution in [0.3, 0.4) is 0 Å². The summed E-state index contributed by atoms with van der Waals surface area (Å²) in [5.41, 5.74) is 1.17. The van der Waals surface area contributed by atoms with Crippen molar-refractivity contribution in [1.29, 1.82) is 0 Å². The van der Waals surface area contributed by atoms with Gasteiger partial charge in [-0.1, -0.05) is 35.3 Å². The van der Waals surface area contributed by atoms with Gasteiger partial charge in [0.05, 0.1) is 17.8 Å². The average Bonchev–Trinajstić information content (AvgIpc) is 2.54. The minimum atomic E-state index is -4.11. The molecule has 0 fully saturated rings. The Morgan fingerprint density at radius 1 is 1.17 bits per heavy atom. The Labute approximate surface area is 150 Å². The topological polar surface area (TPSA) is 63.7 Å². The number of rotatable bonds is 5. The molecule has 0 spiro atoms. The number of nitrogens with zero attached hydrogens (tertiary/aromatic N) is 1. The third kappa shape index (κ3) is 4.01. The fourth-order valence-corrected chi connectivity index (χ4v) is 4.21. The van der Waals surface area contributed by atoms with Crippen molar-refractivity contribution in [1.82, 2.24) is 0 Å². The van der Waals surface area contributed by atoms with Crippen molar-refractivity contribution in [3.8, 4) is 0 Å². The van der Waals surface area contributed by atoms with E-state index in [0.717, 1.165) is 9.87 Å². The number of halogens is 2. The molecule has 0 saturated heterocycles.